The minimum Gasteiger partial charge on any atom is -1.00 e. The number of carbonyl (C=O) groups is 3. The van der Waals surface area contributed by atoms with E-state index in [1.54, 1.807) is 51.3 Å². The summed E-state index contributed by atoms with van der Waals surface area (Å²) in [5.41, 5.74) is -3.77. The molecule has 33 heteroatoms. The van der Waals surface area contributed by atoms with Crippen molar-refractivity contribution in [2.45, 2.75) is 131 Å². The molecule has 2 aliphatic rings. The fourth-order valence-electron chi connectivity index (χ4n) is 9.02. The van der Waals surface area contributed by atoms with Crippen molar-refractivity contribution in [3.05, 3.63) is 116 Å². The predicted molar refractivity (Wildman–Crippen MR) is 319 cm³/mol. The number of hydrogen-bond acceptors (Lipinski definition) is 17. The summed E-state index contributed by atoms with van der Waals surface area (Å²) in [7, 11) is 1.89. The Balaban J connectivity index is 0.000000716. The number of nitriles is 2. The van der Waals surface area contributed by atoms with Crippen LogP contribution in [0.4, 0.5) is 37.5 Å². The normalized spacial score (nSPS) is 14.1. The predicted octanol–water partition coefficient (Wildman–Crippen LogP) is -1.10. The molecule has 2 aliphatic heterocycles. The fourth-order valence-corrected chi connectivity index (χ4v) is 9.49. The topological polar surface area (TPSA) is 313 Å². The Labute approximate surface area is 616 Å². The first kappa shape index (κ1) is 79.2. The van der Waals surface area contributed by atoms with Gasteiger partial charge in [-0.1, -0.05) is 11.8 Å². The van der Waals surface area contributed by atoms with Crippen LogP contribution in [0.3, 0.4) is 0 Å². The van der Waals surface area contributed by atoms with Gasteiger partial charge in [-0.3, -0.25) is 41.6 Å². The number of alkyl carbamates (subject to hydrolysis) is 2. The minimum absolute atomic E-state index is 0. The third-order valence-corrected chi connectivity index (χ3v) is 13.5. The summed E-state index contributed by atoms with van der Waals surface area (Å²) in [6, 6.07) is 6.57. The molecule has 91 heavy (non-hydrogen) atoms. The number of piperidine rings is 2. The molecule has 0 unspecified atom stereocenters. The SMILES string of the molecule is CC#CCn1c(Br)nc2c1c(=O)n(Cc1cc(F)c(F)cc1C#N)c(=O)n2C.CC#CCn1c(N2CCC[C@@H](NC(=O)OC(C)(C)C)C2)nc2c1c(=O)n(Cc1cc(F)c(F)cc1C#N)c(=O)n2C.CC(C)(C)OC(=O)N[C@@H]1CCCNC1.O=CO[O-].[2H]CF.[H-].[K+].[K+]. The van der Waals surface area contributed by atoms with E-state index in [2.05, 4.69) is 70.4 Å². The number of amides is 2. The molecule has 3 N–H and O–H groups in total. The van der Waals surface area contributed by atoms with Gasteiger partial charge in [0.25, 0.3) is 17.6 Å². The summed E-state index contributed by atoms with van der Waals surface area (Å²) < 4.78 is 88.3. The van der Waals surface area contributed by atoms with Crippen LogP contribution >= 0.6 is 15.9 Å². The first-order valence-corrected chi connectivity index (χ1v) is 27.9. The first-order valence-electron chi connectivity index (χ1n) is 27.8. The molecule has 0 bridgehead atoms. The third kappa shape index (κ3) is 22.3. The van der Waals surface area contributed by atoms with Gasteiger partial charge in [-0.15, -0.1) is 11.8 Å². The van der Waals surface area contributed by atoms with Gasteiger partial charge in [0.05, 0.1) is 58.0 Å². The van der Waals surface area contributed by atoms with Gasteiger partial charge >= 0.3 is 126 Å². The summed E-state index contributed by atoms with van der Waals surface area (Å²) >= 11 is 3.25. The number of hydrogen-bond donors (Lipinski definition) is 3. The van der Waals surface area contributed by atoms with Gasteiger partial charge in [0.15, 0.2) is 50.3 Å². The van der Waals surface area contributed by atoms with Gasteiger partial charge in [-0.25, -0.2) is 41.7 Å². The van der Waals surface area contributed by atoms with Crippen LogP contribution in [0.1, 0.15) is 106 Å². The summed E-state index contributed by atoms with van der Waals surface area (Å²) in [5.74, 6) is 6.91. The molecule has 2 atom stereocenters. The van der Waals surface area contributed by atoms with Crippen LogP contribution in [0.5, 0.6) is 0 Å². The number of benzene rings is 2. The van der Waals surface area contributed by atoms with Crippen molar-refractivity contribution in [3.8, 4) is 35.8 Å². The maximum absolute atomic E-state index is 14.0. The van der Waals surface area contributed by atoms with E-state index < -0.39 is 83.3 Å². The summed E-state index contributed by atoms with van der Waals surface area (Å²) in [6.45, 7) is 16.3. The first-order chi connectivity index (χ1) is 42.4. The molecular formula is C58H68BrF5K2N14O11. The molecule has 2 saturated heterocycles. The van der Waals surface area contributed by atoms with Gasteiger partial charge in [0.2, 0.25) is 5.95 Å². The third-order valence-electron chi connectivity index (χ3n) is 12.9. The number of alkyl halides is 1. The number of nitrogens with zero attached hydrogens (tertiary/aromatic N) is 11. The summed E-state index contributed by atoms with van der Waals surface area (Å²) in [5, 5.41) is 36.0. The number of rotatable bonds is 10. The van der Waals surface area contributed by atoms with Crippen LogP contribution in [0.25, 0.3) is 22.3 Å². The summed E-state index contributed by atoms with van der Waals surface area (Å²) in [6.07, 6.45) is 2.73. The van der Waals surface area contributed by atoms with Crippen LogP contribution in [0, 0.1) is 69.6 Å². The van der Waals surface area contributed by atoms with Crippen molar-refractivity contribution in [1.82, 2.24) is 53.3 Å². The Kier molecular flexibility index (Phi) is 32.7. The van der Waals surface area contributed by atoms with Crippen LogP contribution in [0.15, 0.2) is 48.2 Å². The number of imidazole rings is 2. The van der Waals surface area contributed by atoms with Crippen LogP contribution in [0.2, 0.25) is 0 Å². The molecule has 6 heterocycles. The molecule has 2 amide bonds. The fraction of sp³-hybridized carbons (Fsp3) is 0.466. The standard InChI is InChI=1S/C28H31F2N7O4.C18H12BrF2N5O2.C10H20N2O2.CH3F.CH2O3.2K.H/c1-6-7-11-36-22-23(33-25(36)35-10-8-9-19(16-35)32-26(39)41-28(2,3)4)34(5)27(40)37(24(22)38)15-18-13-21(30)20(29)12-17(18)14-31;1-3-4-5-25-14-15(23-17(25)19)24(2)18(28)26(16(14)27)9-11-7-13(21)12(20)6-10(11)8-22;1-10(2,3)14-9(13)12-8-5-4-6-11-7-8;1-2;2-1-4-3;;;/h12-13,19H,8-11,15-16H2,1-5H3,(H,32,39);6-7H,5,9H2,1-2H3;8,11H,4-7H2,1-3H3,(H,12,13);1H3;1,3H;;;/q;;;;;2*+1;-1/p-1/t19-;;8-;;;;;/m1.1...../s1/i;;;1D;;;;. The number of anilines is 1. The monoisotopic (exact) mass is 1390 g/mol. The Hall–Kier alpha value is -6.03. The Bertz CT molecular complexity index is 4070. The molecule has 2 aromatic carbocycles. The second-order valence-electron chi connectivity index (χ2n) is 21.5. The smallest absolute Gasteiger partial charge is 1.00 e. The number of carbonyl (C=O) groups excluding carboxylic acids is 3. The van der Waals surface area contributed by atoms with E-state index in [-0.39, 0.29) is 187 Å². The molecule has 4 aromatic heterocycles. The molecule has 0 radical (unpaired) electrons. The Morgan fingerprint density at radius 3 is 1.59 bits per heavy atom. The number of aromatic nitrogens is 8. The molecule has 0 spiro atoms. The zero-order chi connectivity index (χ0) is 67.4. The molecule has 2 fully saturated rings. The molecule has 480 valence electrons. The number of halogens is 6. The van der Waals surface area contributed by atoms with E-state index in [4.69, 9.17) is 20.9 Å². The van der Waals surface area contributed by atoms with Gasteiger partial charge in [-0.2, -0.15) is 15.5 Å². The van der Waals surface area contributed by atoms with Crippen LogP contribution in [-0.2, 0) is 59.4 Å². The zero-order valence-electron chi connectivity index (χ0n) is 54.4. The summed E-state index contributed by atoms with van der Waals surface area (Å²) in [4.78, 5) is 98.5. The molecular weight excluding hydrogens is 1320 g/mol. The van der Waals surface area contributed by atoms with Gasteiger partial charge < -0.3 is 46.5 Å². The number of nitrogens with one attached hydrogen (secondary N) is 3. The van der Waals surface area contributed by atoms with E-state index in [0.29, 0.717) is 30.2 Å². The second kappa shape index (κ2) is 37.6. The van der Waals surface area contributed by atoms with E-state index in [1.807, 2.05) is 25.7 Å². The molecule has 6 aromatic rings. The molecule has 8 rings (SSSR count). The van der Waals surface area contributed by atoms with E-state index >= 15 is 0 Å². The largest absolute Gasteiger partial charge is 1.00 e. The average Bonchev–Trinajstić information content (AvgIpc) is 1.64. The number of ether oxygens (including phenoxy) is 2. The van der Waals surface area contributed by atoms with Crippen molar-refractivity contribution in [2.75, 3.05) is 38.2 Å². The zero-order valence-corrected chi connectivity index (χ0v) is 60.2. The van der Waals surface area contributed by atoms with Gasteiger partial charge in [-0.05, 0) is 139 Å². The van der Waals surface area contributed by atoms with Crippen LogP contribution in [-0.4, -0.2) is 113 Å². The van der Waals surface area contributed by atoms with Crippen molar-refractivity contribution in [1.29, 1.82) is 10.5 Å². The van der Waals surface area contributed by atoms with E-state index in [1.165, 1.54) is 27.8 Å². The average molecular weight is 1390 g/mol. The maximum Gasteiger partial charge on any atom is 1.00 e. The minimum atomic E-state index is -1.21. The van der Waals surface area contributed by atoms with Gasteiger partial charge in [0, 0.05) is 45.8 Å². The van der Waals surface area contributed by atoms with E-state index in [0.717, 1.165) is 65.8 Å². The van der Waals surface area contributed by atoms with Crippen molar-refractivity contribution >= 4 is 62.9 Å². The quantitative estimate of drug-likeness (QED) is 0.0279. The number of aryl methyl sites for hydroxylation is 2. The second-order valence-corrected chi connectivity index (χ2v) is 22.2. The van der Waals surface area contributed by atoms with Crippen molar-refractivity contribution in [3.63, 3.8) is 0 Å². The van der Waals surface area contributed by atoms with Crippen molar-refractivity contribution < 1.29 is 162 Å². The molecule has 0 aliphatic carbocycles. The van der Waals surface area contributed by atoms with Crippen molar-refractivity contribution in [2.24, 2.45) is 14.1 Å². The van der Waals surface area contributed by atoms with Crippen LogP contribution < -0.4 is 151 Å². The Morgan fingerprint density at radius 2 is 1.18 bits per heavy atom. The van der Waals surface area contributed by atoms with E-state index in [9.17, 15) is 61.2 Å². The number of fused-ring (bicyclic) bond motifs is 2. The molecule has 25 nitrogen and oxygen atoms in total. The maximum atomic E-state index is 14.0. The molecule has 0 saturated carbocycles. The Morgan fingerprint density at radius 1 is 0.758 bits per heavy atom. The van der Waals surface area contributed by atoms with Gasteiger partial charge in [0.1, 0.15) is 11.2 Å².